The fourth-order valence-electron chi connectivity index (χ4n) is 2.47. The number of benzene rings is 1. The molecule has 0 bridgehead atoms. The molecule has 2 N–H and O–H groups in total. The van der Waals surface area contributed by atoms with Gasteiger partial charge < -0.3 is 15.3 Å². The van der Waals surface area contributed by atoms with Crippen LogP contribution < -0.4 is 5.32 Å². The van der Waals surface area contributed by atoms with Crippen molar-refractivity contribution in [2.45, 2.75) is 39.2 Å². The third-order valence-electron chi connectivity index (χ3n) is 3.72. The summed E-state index contributed by atoms with van der Waals surface area (Å²) in [7, 11) is 0. The van der Waals surface area contributed by atoms with Crippen LogP contribution in [0.15, 0.2) is 30.3 Å². The molecule has 0 saturated carbocycles. The molecule has 0 aliphatic carbocycles. The molecule has 4 heteroatoms. The molecule has 118 valence electrons. The zero-order valence-electron chi connectivity index (χ0n) is 13.2. The number of carbonyl (C=O) groups is 1. The summed E-state index contributed by atoms with van der Waals surface area (Å²) in [5.74, 6) is -0.743. The zero-order chi connectivity index (χ0) is 15.5. The Morgan fingerprint density at radius 1 is 1.24 bits per heavy atom. The van der Waals surface area contributed by atoms with E-state index in [2.05, 4.69) is 24.1 Å². The van der Waals surface area contributed by atoms with Crippen molar-refractivity contribution < 1.29 is 9.90 Å². The van der Waals surface area contributed by atoms with Gasteiger partial charge in [0.2, 0.25) is 0 Å². The van der Waals surface area contributed by atoms with Crippen molar-refractivity contribution in [2.24, 2.45) is 0 Å². The summed E-state index contributed by atoms with van der Waals surface area (Å²) in [6.45, 7) is 8.39. The highest BCUT2D eigenvalue weighted by atomic mass is 16.4. The molecule has 0 amide bonds. The van der Waals surface area contributed by atoms with E-state index in [0.717, 1.165) is 39.0 Å². The van der Waals surface area contributed by atoms with Gasteiger partial charge in [-0.3, -0.25) is 4.79 Å². The average Bonchev–Trinajstić information content (AvgIpc) is 2.48. The first-order valence-corrected chi connectivity index (χ1v) is 7.87. The maximum atomic E-state index is 11.0. The summed E-state index contributed by atoms with van der Waals surface area (Å²) in [5.41, 5.74) is 1.18. The van der Waals surface area contributed by atoms with E-state index >= 15 is 0 Å². The van der Waals surface area contributed by atoms with E-state index in [4.69, 9.17) is 5.11 Å². The van der Waals surface area contributed by atoms with Crippen molar-refractivity contribution in [3.63, 3.8) is 0 Å². The number of nitrogens with one attached hydrogen (secondary N) is 1. The van der Waals surface area contributed by atoms with Crippen LogP contribution in [0.3, 0.4) is 0 Å². The largest absolute Gasteiger partial charge is 0.481 e. The van der Waals surface area contributed by atoms with Gasteiger partial charge in [-0.25, -0.2) is 0 Å². The second kappa shape index (κ2) is 10.4. The third-order valence-corrected chi connectivity index (χ3v) is 3.72. The zero-order valence-corrected chi connectivity index (χ0v) is 13.2. The van der Waals surface area contributed by atoms with Crippen LogP contribution in [0.2, 0.25) is 0 Å². The minimum atomic E-state index is -0.743. The Balaban J connectivity index is 2.38. The minimum absolute atomic E-state index is 0.00148. The number of carboxylic acids is 1. The Kier molecular flexibility index (Phi) is 8.71. The molecule has 0 radical (unpaired) electrons. The van der Waals surface area contributed by atoms with Crippen molar-refractivity contribution in [2.75, 3.05) is 26.2 Å². The van der Waals surface area contributed by atoms with E-state index in [9.17, 15) is 4.79 Å². The second-order valence-electron chi connectivity index (χ2n) is 5.32. The standard InChI is InChI=1S/C17H28N2O2/c1-3-19(4-2)12-8-11-18-16(14-17(20)21)13-15-9-6-5-7-10-15/h5-7,9-10,16,18H,3-4,8,11-14H2,1-2H3,(H,20,21). The number of rotatable bonds is 11. The molecule has 1 atom stereocenters. The first-order chi connectivity index (χ1) is 10.2. The Morgan fingerprint density at radius 2 is 1.90 bits per heavy atom. The van der Waals surface area contributed by atoms with E-state index in [1.54, 1.807) is 0 Å². The van der Waals surface area contributed by atoms with Gasteiger partial charge in [-0.15, -0.1) is 0 Å². The summed E-state index contributed by atoms with van der Waals surface area (Å²) >= 11 is 0. The molecule has 1 aromatic carbocycles. The molecule has 0 saturated heterocycles. The summed E-state index contributed by atoms with van der Waals surface area (Å²) in [4.78, 5) is 13.4. The van der Waals surface area contributed by atoms with Gasteiger partial charge in [0.15, 0.2) is 0 Å². The van der Waals surface area contributed by atoms with Crippen molar-refractivity contribution in [1.82, 2.24) is 10.2 Å². The van der Waals surface area contributed by atoms with Gasteiger partial charge in [-0.1, -0.05) is 44.2 Å². The van der Waals surface area contributed by atoms with Crippen molar-refractivity contribution in [1.29, 1.82) is 0 Å². The number of aliphatic carboxylic acids is 1. The van der Waals surface area contributed by atoms with Crippen LogP contribution in [0.1, 0.15) is 32.3 Å². The van der Waals surface area contributed by atoms with Crippen molar-refractivity contribution >= 4 is 5.97 Å². The Bertz CT molecular complexity index is 391. The molecule has 0 aliphatic heterocycles. The minimum Gasteiger partial charge on any atom is -0.481 e. The van der Waals surface area contributed by atoms with Crippen LogP contribution in [-0.4, -0.2) is 48.2 Å². The lowest BCUT2D eigenvalue weighted by Gasteiger charge is -2.20. The molecule has 1 aromatic rings. The Morgan fingerprint density at radius 3 is 2.48 bits per heavy atom. The van der Waals surface area contributed by atoms with Gasteiger partial charge in [0.1, 0.15) is 0 Å². The molecular weight excluding hydrogens is 264 g/mol. The lowest BCUT2D eigenvalue weighted by atomic mass is 10.0. The molecule has 4 nitrogen and oxygen atoms in total. The lowest BCUT2D eigenvalue weighted by Crippen LogP contribution is -2.35. The van der Waals surface area contributed by atoms with Crippen LogP contribution in [0.4, 0.5) is 0 Å². The molecule has 0 aromatic heterocycles. The summed E-state index contributed by atoms with van der Waals surface area (Å²) in [6.07, 6.45) is 1.98. The van der Waals surface area contributed by atoms with Crippen LogP contribution in [0.5, 0.6) is 0 Å². The molecule has 0 spiro atoms. The number of carboxylic acid groups (broad SMARTS) is 1. The van der Waals surface area contributed by atoms with Gasteiger partial charge in [0.25, 0.3) is 0 Å². The monoisotopic (exact) mass is 292 g/mol. The molecule has 1 rings (SSSR count). The van der Waals surface area contributed by atoms with Gasteiger partial charge in [-0.05, 0) is 44.6 Å². The lowest BCUT2D eigenvalue weighted by molar-refractivity contribution is -0.137. The maximum absolute atomic E-state index is 11.0. The van der Waals surface area contributed by atoms with Crippen LogP contribution >= 0.6 is 0 Å². The quantitative estimate of drug-likeness (QED) is 0.615. The molecule has 0 heterocycles. The van der Waals surface area contributed by atoms with Gasteiger partial charge >= 0.3 is 5.97 Å². The summed E-state index contributed by atoms with van der Waals surface area (Å²) < 4.78 is 0. The van der Waals surface area contributed by atoms with E-state index in [0.29, 0.717) is 0 Å². The highest BCUT2D eigenvalue weighted by Crippen LogP contribution is 2.06. The third kappa shape index (κ3) is 7.83. The van der Waals surface area contributed by atoms with Crippen molar-refractivity contribution in [3.05, 3.63) is 35.9 Å². The first kappa shape index (κ1) is 17.7. The number of hydrogen-bond donors (Lipinski definition) is 2. The molecule has 0 fully saturated rings. The van der Waals surface area contributed by atoms with Gasteiger partial charge in [0, 0.05) is 6.04 Å². The highest BCUT2D eigenvalue weighted by Gasteiger charge is 2.13. The maximum Gasteiger partial charge on any atom is 0.304 e. The highest BCUT2D eigenvalue weighted by molar-refractivity contribution is 5.67. The molecule has 0 aliphatic rings. The van der Waals surface area contributed by atoms with E-state index in [1.165, 1.54) is 5.56 Å². The number of hydrogen-bond acceptors (Lipinski definition) is 3. The van der Waals surface area contributed by atoms with Gasteiger partial charge in [-0.2, -0.15) is 0 Å². The van der Waals surface area contributed by atoms with E-state index < -0.39 is 5.97 Å². The summed E-state index contributed by atoms with van der Waals surface area (Å²) in [6, 6.07) is 10.1. The fourth-order valence-corrected chi connectivity index (χ4v) is 2.47. The summed E-state index contributed by atoms with van der Waals surface area (Å²) in [5, 5.41) is 12.4. The van der Waals surface area contributed by atoms with Crippen molar-refractivity contribution in [3.8, 4) is 0 Å². The average molecular weight is 292 g/mol. The Hall–Kier alpha value is -1.39. The number of nitrogens with zero attached hydrogens (tertiary/aromatic N) is 1. The molecule has 21 heavy (non-hydrogen) atoms. The van der Waals surface area contributed by atoms with E-state index in [-0.39, 0.29) is 12.5 Å². The molecule has 1 unspecified atom stereocenters. The fraction of sp³-hybridized carbons (Fsp3) is 0.588. The SMILES string of the molecule is CCN(CC)CCCNC(CC(=O)O)Cc1ccccc1. The predicted molar refractivity (Wildman–Crippen MR) is 86.6 cm³/mol. The smallest absolute Gasteiger partial charge is 0.304 e. The normalized spacial score (nSPS) is 12.5. The first-order valence-electron chi connectivity index (χ1n) is 7.87. The molecular formula is C17H28N2O2. The van der Waals surface area contributed by atoms with Crippen LogP contribution in [0.25, 0.3) is 0 Å². The Labute approximate surface area is 128 Å². The van der Waals surface area contributed by atoms with Gasteiger partial charge in [0.05, 0.1) is 6.42 Å². The topological polar surface area (TPSA) is 52.6 Å². The predicted octanol–water partition coefficient (Wildman–Crippen LogP) is 2.39. The van der Waals surface area contributed by atoms with E-state index in [1.807, 2.05) is 30.3 Å². The van der Waals surface area contributed by atoms with Crippen LogP contribution in [-0.2, 0) is 11.2 Å². The van der Waals surface area contributed by atoms with Crippen LogP contribution in [0, 0.1) is 0 Å². The second-order valence-corrected chi connectivity index (χ2v) is 5.32.